The Labute approximate surface area is 143 Å². The number of carbonyl (C=O) groups excluding carboxylic acids is 1. The second kappa shape index (κ2) is 7.70. The first kappa shape index (κ1) is 17.6. The van der Waals surface area contributed by atoms with E-state index in [9.17, 15) is 4.79 Å². The van der Waals surface area contributed by atoms with Crippen molar-refractivity contribution >= 4 is 17.0 Å². The quantitative estimate of drug-likeness (QED) is 0.754. The van der Waals surface area contributed by atoms with Crippen LogP contribution in [0.5, 0.6) is 0 Å². The lowest BCUT2D eigenvalue weighted by Gasteiger charge is -2.32. The van der Waals surface area contributed by atoms with Gasteiger partial charge >= 0.3 is 0 Å². The highest BCUT2D eigenvalue weighted by molar-refractivity contribution is 8.13. The molecule has 3 nitrogen and oxygen atoms in total. The molecule has 4 heteroatoms. The summed E-state index contributed by atoms with van der Waals surface area (Å²) in [4.78, 5) is 18.7. The highest BCUT2D eigenvalue weighted by Crippen LogP contribution is 2.35. The van der Waals surface area contributed by atoms with Crippen molar-refractivity contribution in [2.24, 2.45) is 0 Å². The van der Waals surface area contributed by atoms with Gasteiger partial charge in [0.2, 0.25) is 0 Å². The number of likely N-dealkylation sites (tertiary alicyclic amines) is 1. The van der Waals surface area contributed by atoms with Crippen LogP contribution in [-0.2, 0) is 0 Å². The summed E-state index contributed by atoms with van der Waals surface area (Å²) in [5, 5.41) is 0.175. The average Bonchev–Trinajstić information content (AvgIpc) is 2.80. The highest BCUT2D eigenvalue weighted by atomic mass is 32.2. The maximum absolute atomic E-state index is 12.3. The van der Waals surface area contributed by atoms with Gasteiger partial charge in [-0.15, -0.1) is 0 Å². The fourth-order valence-electron chi connectivity index (χ4n) is 2.64. The van der Waals surface area contributed by atoms with E-state index >= 15 is 0 Å². The molecule has 0 unspecified atom stereocenters. The molecule has 23 heavy (non-hydrogen) atoms. The van der Waals surface area contributed by atoms with E-state index in [1.54, 1.807) is 0 Å². The predicted octanol–water partition coefficient (Wildman–Crippen LogP) is 4.42. The topological polar surface area (TPSA) is 33.2 Å². The number of aryl methyl sites for hydroxylation is 1. The molecule has 2 heterocycles. The molecule has 1 aliphatic rings. The Kier molecular flexibility index (Phi) is 5.90. The van der Waals surface area contributed by atoms with Crippen molar-refractivity contribution in [3.05, 3.63) is 41.2 Å². The van der Waals surface area contributed by atoms with Crippen molar-refractivity contribution in [2.45, 2.75) is 46.1 Å². The van der Waals surface area contributed by atoms with Crippen LogP contribution in [0.2, 0.25) is 0 Å². The first-order chi connectivity index (χ1) is 10.9. The Balaban J connectivity index is 2.11. The zero-order valence-corrected chi connectivity index (χ0v) is 15.2. The minimum Gasteiger partial charge on any atom is -0.324 e. The van der Waals surface area contributed by atoms with E-state index in [1.807, 2.05) is 36.1 Å². The standard InChI is InChI=1S/C19H24N2OS/c1-5-14-23-18(22)21-13-12-16(19(21,3)4)9-7-11-17-10-6-8-15(2)20-17/h6,8-10H,5,12-14H2,1-4H3/b16-9+. The van der Waals surface area contributed by atoms with Gasteiger partial charge in [0.1, 0.15) is 5.69 Å². The molecule has 1 fully saturated rings. The molecule has 122 valence electrons. The van der Waals surface area contributed by atoms with E-state index in [0.29, 0.717) is 0 Å². The lowest BCUT2D eigenvalue weighted by molar-refractivity contribution is 0.200. The Hall–Kier alpha value is -1.73. The number of hydrogen-bond donors (Lipinski definition) is 0. The monoisotopic (exact) mass is 328 g/mol. The van der Waals surface area contributed by atoms with E-state index in [-0.39, 0.29) is 10.8 Å². The van der Waals surface area contributed by atoms with E-state index < -0.39 is 0 Å². The summed E-state index contributed by atoms with van der Waals surface area (Å²) in [7, 11) is 0. The van der Waals surface area contributed by atoms with Gasteiger partial charge in [-0.2, -0.15) is 0 Å². The van der Waals surface area contributed by atoms with E-state index in [4.69, 9.17) is 0 Å². The molecule has 0 bridgehead atoms. The fourth-order valence-corrected chi connectivity index (χ4v) is 3.49. The third kappa shape index (κ3) is 4.39. The number of amides is 1. The maximum atomic E-state index is 12.3. The number of hydrogen-bond acceptors (Lipinski definition) is 3. The molecule has 0 N–H and O–H groups in total. The molecule has 1 aromatic heterocycles. The number of aromatic nitrogens is 1. The fraction of sp³-hybridized carbons (Fsp3) is 0.474. The average molecular weight is 328 g/mol. The number of thioether (sulfide) groups is 1. The molecule has 0 saturated carbocycles. The minimum atomic E-state index is -0.257. The van der Waals surface area contributed by atoms with Crippen LogP contribution in [0.3, 0.4) is 0 Å². The molecule has 0 spiro atoms. The van der Waals surface area contributed by atoms with Gasteiger partial charge in [0, 0.05) is 18.0 Å². The van der Waals surface area contributed by atoms with Crippen LogP contribution in [0, 0.1) is 18.8 Å². The van der Waals surface area contributed by atoms with Crippen molar-refractivity contribution in [1.29, 1.82) is 0 Å². The lowest BCUT2D eigenvalue weighted by atomic mass is 9.95. The normalized spacial score (nSPS) is 17.9. The Morgan fingerprint density at radius 3 is 2.96 bits per heavy atom. The van der Waals surface area contributed by atoms with Crippen molar-refractivity contribution < 1.29 is 4.79 Å². The van der Waals surface area contributed by atoms with Gasteiger partial charge in [0.05, 0.1) is 5.54 Å². The Morgan fingerprint density at radius 2 is 2.26 bits per heavy atom. The second-order valence-electron chi connectivity index (χ2n) is 6.18. The molecular weight excluding hydrogens is 304 g/mol. The molecule has 0 aromatic carbocycles. The number of allylic oxidation sites excluding steroid dienone is 1. The predicted molar refractivity (Wildman–Crippen MR) is 97.5 cm³/mol. The van der Waals surface area contributed by atoms with Crippen LogP contribution in [0.1, 0.15) is 45.0 Å². The van der Waals surface area contributed by atoms with Crippen LogP contribution in [0.4, 0.5) is 4.79 Å². The number of pyridine rings is 1. The summed E-state index contributed by atoms with van der Waals surface area (Å²) in [5.41, 5.74) is 2.70. The first-order valence-electron chi connectivity index (χ1n) is 8.04. The SMILES string of the molecule is CCCSC(=O)N1CC/C(=C\C#Cc2cccc(C)n2)C1(C)C. The smallest absolute Gasteiger partial charge is 0.282 e. The van der Waals surface area contributed by atoms with Crippen molar-refractivity contribution in [3.8, 4) is 11.8 Å². The summed E-state index contributed by atoms with van der Waals surface area (Å²) in [6, 6.07) is 5.83. The summed E-state index contributed by atoms with van der Waals surface area (Å²) in [6.45, 7) is 9.03. The van der Waals surface area contributed by atoms with Crippen LogP contribution in [0.25, 0.3) is 0 Å². The van der Waals surface area contributed by atoms with Crippen LogP contribution in [-0.4, -0.2) is 33.0 Å². The number of nitrogens with zero attached hydrogens (tertiary/aromatic N) is 2. The van der Waals surface area contributed by atoms with E-state index in [1.165, 1.54) is 17.3 Å². The Morgan fingerprint density at radius 1 is 1.48 bits per heavy atom. The molecule has 0 atom stereocenters. The molecule has 0 aliphatic carbocycles. The third-order valence-electron chi connectivity index (χ3n) is 4.05. The molecule has 2 rings (SSSR count). The zero-order valence-electron chi connectivity index (χ0n) is 14.3. The van der Waals surface area contributed by atoms with Gasteiger partial charge in [0.15, 0.2) is 0 Å². The minimum absolute atomic E-state index is 0.175. The van der Waals surface area contributed by atoms with Gasteiger partial charge in [-0.05, 0) is 63.3 Å². The van der Waals surface area contributed by atoms with Gasteiger partial charge in [-0.1, -0.05) is 30.7 Å². The number of carbonyl (C=O) groups is 1. The van der Waals surface area contributed by atoms with Gasteiger partial charge in [-0.3, -0.25) is 4.79 Å². The van der Waals surface area contributed by atoms with Crippen molar-refractivity contribution in [3.63, 3.8) is 0 Å². The lowest BCUT2D eigenvalue weighted by Crippen LogP contribution is -2.41. The van der Waals surface area contributed by atoms with Gasteiger partial charge < -0.3 is 4.90 Å². The molecule has 0 radical (unpaired) electrons. The molecule has 1 saturated heterocycles. The second-order valence-corrected chi connectivity index (χ2v) is 7.22. The Bertz CT molecular complexity index is 667. The maximum Gasteiger partial charge on any atom is 0.282 e. The summed E-state index contributed by atoms with van der Waals surface area (Å²) >= 11 is 1.41. The molecular formula is C19H24N2OS. The molecule has 1 amide bonds. The zero-order chi connectivity index (χ0) is 16.9. The largest absolute Gasteiger partial charge is 0.324 e. The molecule has 1 aromatic rings. The van der Waals surface area contributed by atoms with Crippen LogP contribution >= 0.6 is 11.8 Å². The highest BCUT2D eigenvalue weighted by Gasteiger charge is 2.39. The first-order valence-corrected chi connectivity index (χ1v) is 9.03. The van der Waals surface area contributed by atoms with E-state index in [0.717, 1.165) is 36.5 Å². The summed E-state index contributed by atoms with van der Waals surface area (Å²) < 4.78 is 0. The van der Waals surface area contributed by atoms with Crippen molar-refractivity contribution in [2.75, 3.05) is 12.3 Å². The summed E-state index contributed by atoms with van der Waals surface area (Å²) in [6.07, 6.45) is 3.87. The van der Waals surface area contributed by atoms with Crippen LogP contribution < -0.4 is 0 Å². The van der Waals surface area contributed by atoms with Gasteiger partial charge in [-0.25, -0.2) is 4.98 Å². The number of rotatable bonds is 2. The molecule has 1 aliphatic heterocycles. The van der Waals surface area contributed by atoms with E-state index in [2.05, 4.69) is 37.6 Å². The van der Waals surface area contributed by atoms with Crippen LogP contribution in [0.15, 0.2) is 29.8 Å². The summed E-state index contributed by atoms with van der Waals surface area (Å²) in [5.74, 6) is 7.07. The van der Waals surface area contributed by atoms with Gasteiger partial charge in [0.25, 0.3) is 5.24 Å². The van der Waals surface area contributed by atoms with Crippen molar-refractivity contribution in [1.82, 2.24) is 9.88 Å². The third-order valence-corrected chi connectivity index (χ3v) is 5.13.